The van der Waals surface area contributed by atoms with E-state index in [-0.39, 0.29) is 0 Å². The number of thiocarbonyl (C=S) groups is 1. The van der Waals surface area contributed by atoms with Gasteiger partial charge in [0.15, 0.2) is 5.05 Å². The van der Waals surface area contributed by atoms with Crippen LogP contribution in [-0.4, -0.2) is 11.2 Å². The minimum atomic E-state index is 0.453. The summed E-state index contributed by atoms with van der Waals surface area (Å²) in [4.78, 5) is 0. The van der Waals surface area contributed by atoms with Crippen LogP contribution in [0.25, 0.3) is 0 Å². The first-order valence-corrected chi connectivity index (χ1v) is 4.93. The van der Waals surface area contributed by atoms with Crippen LogP contribution in [0.3, 0.4) is 0 Å². The van der Waals surface area contributed by atoms with Gasteiger partial charge in [-0.1, -0.05) is 19.8 Å². The van der Waals surface area contributed by atoms with Crippen molar-refractivity contribution in [3.8, 4) is 0 Å². The minimum Gasteiger partial charge on any atom is -0.484 e. The maximum atomic E-state index is 5.44. The molecule has 64 valence electrons. The molecule has 1 fully saturated rings. The van der Waals surface area contributed by atoms with Gasteiger partial charge in [-0.3, -0.25) is 0 Å². The highest BCUT2D eigenvalue weighted by molar-refractivity contribution is 7.80. The zero-order valence-corrected chi connectivity index (χ0v) is 7.95. The third-order valence-electron chi connectivity index (χ3n) is 2.10. The standard InChI is InChI=1S/C9H16OS/c1-2-3-4-5-8-6-7-9(11)10-8/h8H,2-7H2,1H3/t8-/m1/s1. The molecule has 0 aliphatic carbocycles. The lowest BCUT2D eigenvalue weighted by molar-refractivity contribution is 0.207. The second-order valence-electron chi connectivity index (χ2n) is 3.15. The van der Waals surface area contributed by atoms with E-state index in [4.69, 9.17) is 17.0 Å². The molecule has 1 heterocycles. The third kappa shape index (κ3) is 3.19. The number of hydrogen-bond donors (Lipinski definition) is 0. The van der Waals surface area contributed by atoms with Crippen LogP contribution in [0.1, 0.15) is 45.4 Å². The number of rotatable bonds is 4. The van der Waals surface area contributed by atoms with E-state index in [1.165, 1.54) is 25.7 Å². The van der Waals surface area contributed by atoms with Crippen molar-refractivity contribution in [3.63, 3.8) is 0 Å². The highest BCUT2D eigenvalue weighted by Gasteiger charge is 2.19. The maximum absolute atomic E-state index is 5.44. The van der Waals surface area contributed by atoms with Crippen molar-refractivity contribution < 1.29 is 4.74 Å². The van der Waals surface area contributed by atoms with Crippen LogP contribution >= 0.6 is 12.2 Å². The normalized spacial score (nSPS) is 23.7. The van der Waals surface area contributed by atoms with Crippen molar-refractivity contribution in [1.82, 2.24) is 0 Å². The summed E-state index contributed by atoms with van der Waals surface area (Å²) in [5, 5.41) is 0.825. The first-order valence-electron chi connectivity index (χ1n) is 4.52. The van der Waals surface area contributed by atoms with Crippen molar-refractivity contribution in [2.24, 2.45) is 0 Å². The van der Waals surface area contributed by atoms with E-state index in [1.54, 1.807) is 0 Å². The van der Waals surface area contributed by atoms with Gasteiger partial charge in [-0.2, -0.15) is 0 Å². The van der Waals surface area contributed by atoms with Gasteiger partial charge in [-0.25, -0.2) is 0 Å². The molecular weight excluding hydrogens is 156 g/mol. The molecule has 0 bridgehead atoms. The lowest BCUT2D eigenvalue weighted by atomic mass is 10.1. The quantitative estimate of drug-likeness (QED) is 0.476. The molecule has 1 aliphatic heterocycles. The lowest BCUT2D eigenvalue weighted by Gasteiger charge is -2.08. The number of ether oxygens (including phenoxy) is 1. The maximum Gasteiger partial charge on any atom is 0.160 e. The predicted molar refractivity (Wildman–Crippen MR) is 50.8 cm³/mol. The van der Waals surface area contributed by atoms with Gasteiger partial charge in [0, 0.05) is 6.42 Å². The van der Waals surface area contributed by atoms with Crippen LogP contribution in [0.2, 0.25) is 0 Å². The highest BCUT2D eigenvalue weighted by Crippen LogP contribution is 2.20. The highest BCUT2D eigenvalue weighted by atomic mass is 32.1. The molecule has 0 amide bonds. The monoisotopic (exact) mass is 172 g/mol. The smallest absolute Gasteiger partial charge is 0.160 e. The van der Waals surface area contributed by atoms with E-state index in [0.29, 0.717) is 6.10 Å². The number of hydrogen-bond acceptors (Lipinski definition) is 2. The summed E-state index contributed by atoms with van der Waals surface area (Å²) in [6.07, 6.45) is 7.73. The van der Waals surface area contributed by atoms with Crippen LogP contribution in [0.4, 0.5) is 0 Å². The van der Waals surface area contributed by atoms with Crippen molar-refractivity contribution in [2.45, 2.75) is 51.6 Å². The fraction of sp³-hybridized carbons (Fsp3) is 0.889. The second kappa shape index (κ2) is 4.70. The third-order valence-corrected chi connectivity index (χ3v) is 2.40. The Morgan fingerprint density at radius 3 is 2.91 bits per heavy atom. The van der Waals surface area contributed by atoms with Crippen LogP contribution in [-0.2, 0) is 4.74 Å². The molecule has 1 saturated heterocycles. The fourth-order valence-corrected chi connectivity index (χ4v) is 1.66. The first-order chi connectivity index (χ1) is 5.33. The van der Waals surface area contributed by atoms with Gasteiger partial charge >= 0.3 is 0 Å². The van der Waals surface area contributed by atoms with Gasteiger partial charge in [0.1, 0.15) is 0 Å². The summed E-state index contributed by atoms with van der Waals surface area (Å²) in [5.41, 5.74) is 0. The predicted octanol–water partition coefficient (Wildman–Crippen LogP) is 3.07. The Balaban J connectivity index is 2.04. The molecule has 1 rings (SSSR count). The topological polar surface area (TPSA) is 9.23 Å². The SMILES string of the molecule is CCCCC[C@@H]1CCC(=S)O1. The van der Waals surface area contributed by atoms with E-state index in [9.17, 15) is 0 Å². The second-order valence-corrected chi connectivity index (χ2v) is 3.60. The van der Waals surface area contributed by atoms with Gasteiger partial charge in [0.05, 0.1) is 6.10 Å². The Kier molecular flexibility index (Phi) is 3.84. The van der Waals surface area contributed by atoms with Gasteiger partial charge < -0.3 is 4.74 Å². The molecule has 0 aromatic rings. The van der Waals surface area contributed by atoms with E-state index in [1.807, 2.05) is 0 Å². The minimum absolute atomic E-state index is 0.453. The summed E-state index contributed by atoms with van der Waals surface area (Å²) in [6.45, 7) is 2.22. The average molecular weight is 172 g/mol. The molecule has 0 aromatic heterocycles. The Hall–Kier alpha value is -0.110. The van der Waals surface area contributed by atoms with Crippen LogP contribution in [0, 0.1) is 0 Å². The number of unbranched alkanes of at least 4 members (excludes halogenated alkanes) is 2. The van der Waals surface area contributed by atoms with Crippen LogP contribution < -0.4 is 0 Å². The summed E-state index contributed by atoms with van der Waals surface area (Å²) in [7, 11) is 0. The summed E-state index contributed by atoms with van der Waals surface area (Å²) < 4.78 is 5.44. The first kappa shape index (κ1) is 8.98. The fourth-order valence-electron chi connectivity index (χ4n) is 1.41. The van der Waals surface area contributed by atoms with Crippen molar-refractivity contribution in [3.05, 3.63) is 0 Å². The van der Waals surface area contributed by atoms with E-state index in [2.05, 4.69) is 6.92 Å². The summed E-state index contributed by atoms with van der Waals surface area (Å²) in [6, 6.07) is 0. The molecule has 11 heavy (non-hydrogen) atoms. The summed E-state index contributed by atoms with van der Waals surface area (Å²) >= 11 is 4.95. The Morgan fingerprint density at radius 1 is 1.55 bits per heavy atom. The molecule has 1 aliphatic rings. The van der Waals surface area contributed by atoms with Crippen LogP contribution in [0.5, 0.6) is 0 Å². The molecule has 0 radical (unpaired) electrons. The lowest BCUT2D eigenvalue weighted by Crippen LogP contribution is -2.05. The molecule has 1 nitrogen and oxygen atoms in total. The van der Waals surface area contributed by atoms with E-state index >= 15 is 0 Å². The zero-order chi connectivity index (χ0) is 8.10. The van der Waals surface area contributed by atoms with Gasteiger partial charge in [-0.15, -0.1) is 0 Å². The zero-order valence-electron chi connectivity index (χ0n) is 7.14. The Morgan fingerprint density at radius 2 is 2.36 bits per heavy atom. The van der Waals surface area contributed by atoms with Gasteiger partial charge in [0.25, 0.3) is 0 Å². The molecule has 0 N–H and O–H groups in total. The van der Waals surface area contributed by atoms with Crippen LogP contribution in [0.15, 0.2) is 0 Å². The summed E-state index contributed by atoms with van der Waals surface area (Å²) in [5.74, 6) is 0. The largest absolute Gasteiger partial charge is 0.484 e. The molecule has 0 aromatic carbocycles. The van der Waals surface area contributed by atoms with Crippen molar-refractivity contribution >= 4 is 17.3 Å². The molecule has 2 heteroatoms. The Labute approximate surface area is 74.1 Å². The molecule has 1 atom stereocenters. The molecular formula is C9H16OS. The van der Waals surface area contributed by atoms with Crippen molar-refractivity contribution in [1.29, 1.82) is 0 Å². The van der Waals surface area contributed by atoms with Crippen molar-refractivity contribution in [2.75, 3.05) is 0 Å². The van der Waals surface area contributed by atoms with E-state index in [0.717, 1.165) is 17.9 Å². The molecule has 0 unspecified atom stereocenters. The van der Waals surface area contributed by atoms with Gasteiger partial charge in [-0.05, 0) is 31.5 Å². The van der Waals surface area contributed by atoms with Gasteiger partial charge in [0.2, 0.25) is 0 Å². The Bertz CT molecular complexity index is 134. The van der Waals surface area contributed by atoms with E-state index < -0.39 is 0 Å². The molecule has 0 spiro atoms. The average Bonchev–Trinajstić information content (AvgIpc) is 2.37. The molecule has 0 saturated carbocycles.